The Morgan fingerprint density at radius 3 is 2.56 bits per heavy atom. The third-order valence-electron chi connectivity index (χ3n) is 4.33. The number of nitro groups is 1. The number of nitrogens with one attached hydrogen (secondary N) is 1. The molecule has 0 bridgehead atoms. The van der Waals surface area contributed by atoms with Gasteiger partial charge in [0.25, 0.3) is 11.6 Å². The molecule has 25 heavy (non-hydrogen) atoms. The van der Waals surface area contributed by atoms with E-state index < -0.39 is 4.92 Å². The molecule has 6 heteroatoms. The number of hydrogen-bond donors (Lipinski definition) is 1. The van der Waals surface area contributed by atoms with Crippen molar-refractivity contribution in [1.82, 2.24) is 5.32 Å². The van der Waals surface area contributed by atoms with Crippen molar-refractivity contribution in [3.8, 4) is 5.75 Å². The summed E-state index contributed by atoms with van der Waals surface area (Å²) in [6.45, 7) is 0.231. The molecule has 1 saturated carbocycles. The normalized spacial score (nSPS) is 14.2. The van der Waals surface area contributed by atoms with Gasteiger partial charge in [-0.15, -0.1) is 0 Å². The number of rotatable bonds is 6. The lowest BCUT2D eigenvalue weighted by molar-refractivity contribution is -0.384. The van der Waals surface area contributed by atoms with Crippen LogP contribution in [0.4, 0.5) is 5.69 Å². The summed E-state index contributed by atoms with van der Waals surface area (Å²) in [7, 11) is 0. The molecule has 0 heterocycles. The van der Waals surface area contributed by atoms with Gasteiger partial charge in [0.15, 0.2) is 0 Å². The Morgan fingerprint density at radius 2 is 1.88 bits per heavy atom. The van der Waals surface area contributed by atoms with Crippen LogP contribution in [0.15, 0.2) is 48.5 Å². The number of benzene rings is 2. The highest BCUT2D eigenvalue weighted by Gasteiger charge is 2.17. The molecule has 0 spiro atoms. The highest BCUT2D eigenvalue weighted by molar-refractivity contribution is 5.94. The van der Waals surface area contributed by atoms with Crippen LogP contribution >= 0.6 is 0 Å². The van der Waals surface area contributed by atoms with E-state index in [4.69, 9.17) is 4.74 Å². The Labute approximate surface area is 146 Å². The van der Waals surface area contributed by atoms with E-state index in [-0.39, 0.29) is 24.2 Å². The number of nitro benzene ring substituents is 1. The minimum atomic E-state index is -0.429. The summed E-state index contributed by atoms with van der Waals surface area (Å²) < 4.78 is 5.64. The second-order valence-corrected chi connectivity index (χ2v) is 6.19. The molecule has 6 nitrogen and oxygen atoms in total. The van der Waals surface area contributed by atoms with Crippen LogP contribution in [-0.4, -0.2) is 16.9 Å². The van der Waals surface area contributed by atoms with Crippen molar-refractivity contribution in [2.24, 2.45) is 0 Å². The van der Waals surface area contributed by atoms with E-state index in [1.807, 2.05) is 0 Å². The number of hydrogen-bond acceptors (Lipinski definition) is 4. The van der Waals surface area contributed by atoms with Gasteiger partial charge in [0.1, 0.15) is 12.4 Å². The molecule has 0 aromatic heterocycles. The highest BCUT2D eigenvalue weighted by atomic mass is 16.6. The fraction of sp³-hybridized carbons (Fsp3) is 0.316. The van der Waals surface area contributed by atoms with E-state index in [1.54, 1.807) is 36.4 Å². The van der Waals surface area contributed by atoms with E-state index in [9.17, 15) is 14.9 Å². The average molecular weight is 340 g/mol. The SMILES string of the molecule is O=C(NC1CCCC1)c1ccc(OCc2cccc([N+](=O)[O-])c2)cc1. The summed E-state index contributed by atoms with van der Waals surface area (Å²) in [6.07, 6.45) is 4.46. The molecule has 1 fully saturated rings. The molecular weight excluding hydrogens is 320 g/mol. The van der Waals surface area contributed by atoms with E-state index in [0.717, 1.165) is 18.4 Å². The zero-order valence-corrected chi connectivity index (χ0v) is 13.8. The molecule has 0 atom stereocenters. The van der Waals surface area contributed by atoms with Gasteiger partial charge < -0.3 is 10.1 Å². The maximum absolute atomic E-state index is 12.2. The zero-order chi connectivity index (χ0) is 17.6. The highest BCUT2D eigenvalue weighted by Crippen LogP contribution is 2.20. The van der Waals surface area contributed by atoms with Crippen molar-refractivity contribution in [2.45, 2.75) is 38.3 Å². The minimum absolute atomic E-state index is 0.0417. The Bertz CT molecular complexity index is 752. The molecule has 1 aliphatic rings. The zero-order valence-electron chi connectivity index (χ0n) is 13.8. The van der Waals surface area contributed by atoms with Crippen LogP contribution in [0.3, 0.4) is 0 Å². The van der Waals surface area contributed by atoms with Gasteiger partial charge in [-0.25, -0.2) is 0 Å². The summed E-state index contributed by atoms with van der Waals surface area (Å²) in [6, 6.07) is 13.6. The number of amides is 1. The molecule has 2 aromatic carbocycles. The molecule has 1 amide bonds. The van der Waals surface area contributed by atoms with Crippen LogP contribution in [0, 0.1) is 10.1 Å². The number of ether oxygens (including phenoxy) is 1. The third kappa shape index (κ3) is 4.56. The van der Waals surface area contributed by atoms with Crippen molar-refractivity contribution in [2.75, 3.05) is 0 Å². The standard InChI is InChI=1S/C19H20N2O4/c22-19(20-16-5-1-2-6-16)15-8-10-18(11-9-15)25-13-14-4-3-7-17(12-14)21(23)24/h3-4,7-12,16H,1-2,5-6,13H2,(H,20,22). The Hall–Kier alpha value is -2.89. The van der Waals surface area contributed by atoms with Gasteiger partial charge in [0, 0.05) is 23.7 Å². The fourth-order valence-corrected chi connectivity index (χ4v) is 2.97. The van der Waals surface area contributed by atoms with Gasteiger partial charge in [0.05, 0.1) is 4.92 Å². The molecule has 0 aliphatic heterocycles. The van der Waals surface area contributed by atoms with E-state index in [2.05, 4.69) is 5.32 Å². The smallest absolute Gasteiger partial charge is 0.269 e. The number of carbonyl (C=O) groups is 1. The van der Waals surface area contributed by atoms with Crippen molar-refractivity contribution >= 4 is 11.6 Å². The first-order chi connectivity index (χ1) is 12.1. The largest absolute Gasteiger partial charge is 0.489 e. The molecule has 0 unspecified atom stereocenters. The molecule has 3 rings (SSSR count). The number of non-ortho nitro benzene ring substituents is 1. The first-order valence-corrected chi connectivity index (χ1v) is 8.39. The summed E-state index contributed by atoms with van der Waals surface area (Å²) in [5.74, 6) is 0.557. The van der Waals surface area contributed by atoms with E-state index in [0.29, 0.717) is 11.3 Å². The number of nitrogens with zero attached hydrogens (tertiary/aromatic N) is 1. The van der Waals surface area contributed by atoms with Crippen LogP contribution < -0.4 is 10.1 Å². The van der Waals surface area contributed by atoms with Gasteiger partial charge in [-0.05, 0) is 42.7 Å². The Morgan fingerprint density at radius 1 is 1.16 bits per heavy atom. The lowest BCUT2D eigenvalue weighted by Crippen LogP contribution is -2.32. The van der Waals surface area contributed by atoms with Gasteiger partial charge in [0.2, 0.25) is 0 Å². The van der Waals surface area contributed by atoms with Crippen LogP contribution in [0.25, 0.3) is 0 Å². The molecule has 1 aliphatic carbocycles. The van der Waals surface area contributed by atoms with Gasteiger partial charge >= 0.3 is 0 Å². The van der Waals surface area contributed by atoms with Gasteiger partial charge in [-0.3, -0.25) is 14.9 Å². The first kappa shape index (κ1) is 17.0. The van der Waals surface area contributed by atoms with E-state index >= 15 is 0 Å². The van der Waals surface area contributed by atoms with Crippen molar-refractivity contribution < 1.29 is 14.5 Å². The topological polar surface area (TPSA) is 81.5 Å². The average Bonchev–Trinajstić information content (AvgIpc) is 3.13. The summed E-state index contributed by atoms with van der Waals surface area (Å²) in [5.41, 5.74) is 1.37. The second kappa shape index (κ2) is 7.79. The number of carbonyl (C=O) groups excluding carboxylic acids is 1. The fourth-order valence-electron chi connectivity index (χ4n) is 2.97. The van der Waals surface area contributed by atoms with Gasteiger partial charge in [-0.2, -0.15) is 0 Å². The lowest BCUT2D eigenvalue weighted by Gasteiger charge is -2.12. The quantitative estimate of drug-likeness (QED) is 0.640. The molecule has 2 aromatic rings. The van der Waals surface area contributed by atoms with Crippen molar-refractivity contribution in [3.63, 3.8) is 0 Å². The predicted molar refractivity (Wildman–Crippen MR) is 93.6 cm³/mol. The molecule has 0 saturated heterocycles. The van der Waals surface area contributed by atoms with E-state index in [1.165, 1.54) is 25.0 Å². The maximum Gasteiger partial charge on any atom is 0.269 e. The van der Waals surface area contributed by atoms with Crippen LogP contribution in [0.2, 0.25) is 0 Å². The molecule has 130 valence electrons. The molecule has 1 N–H and O–H groups in total. The lowest BCUT2D eigenvalue weighted by atomic mass is 10.1. The van der Waals surface area contributed by atoms with Crippen molar-refractivity contribution in [1.29, 1.82) is 0 Å². The monoisotopic (exact) mass is 340 g/mol. The van der Waals surface area contributed by atoms with Crippen molar-refractivity contribution in [3.05, 3.63) is 69.8 Å². The summed E-state index contributed by atoms with van der Waals surface area (Å²) >= 11 is 0. The third-order valence-corrected chi connectivity index (χ3v) is 4.33. The van der Waals surface area contributed by atoms with Gasteiger partial charge in [-0.1, -0.05) is 25.0 Å². The van der Waals surface area contributed by atoms with Crippen LogP contribution in [-0.2, 0) is 6.61 Å². The van der Waals surface area contributed by atoms with Crippen LogP contribution in [0.5, 0.6) is 5.75 Å². The Balaban J connectivity index is 1.56. The minimum Gasteiger partial charge on any atom is -0.489 e. The molecular formula is C19H20N2O4. The second-order valence-electron chi connectivity index (χ2n) is 6.19. The first-order valence-electron chi connectivity index (χ1n) is 8.39. The Kier molecular flexibility index (Phi) is 5.28. The predicted octanol–water partition coefficient (Wildman–Crippen LogP) is 3.85. The summed E-state index contributed by atoms with van der Waals surface area (Å²) in [4.78, 5) is 22.5. The summed E-state index contributed by atoms with van der Waals surface area (Å²) in [5, 5.41) is 13.8. The molecule has 0 radical (unpaired) electrons. The maximum atomic E-state index is 12.2. The van der Waals surface area contributed by atoms with Crippen LogP contribution in [0.1, 0.15) is 41.6 Å².